The Morgan fingerprint density at radius 3 is 2.09 bits per heavy atom. The fourth-order valence-corrected chi connectivity index (χ4v) is 5.04. The molecule has 3 rings (SSSR count). The molecule has 2 saturated heterocycles. The Morgan fingerprint density at radius 2 is 1.50 bits per heavy atom. The number of nitrogens with zero attached hydrogens (tertiary/aromatic N) is 4. The molecule has 2 aliphatic heterocycles. The van der Waals surface area contributed by atoms with E-state index in [-0.39, 0.29) is 17.8 Å². The van der Waals surface area contributed by atoms with Crippen LogP contribution in [-0.2, 0) is 20.9 Å². The minimum absolute atomic E-state index is 0.0744. The summed E-state index contributed by atoms with van der Waals surface area (Å²) in [6.45, 7) is 13.5. The van der Waals surface area contributed by atoms with Gasteiger partial charge in [0.2, 0.25) is 11.8 Å². The summed E-state index contributed by atoms with van der Waals surface area (Å²) in [5, 5.41) is 0. The summed E-state index contributed by atoms with van der Waals surface area (Å²) in [7, 11) is 0. The van der Waals surface area contributed by atoms with Crippen LogP contribution in [-0.4, -0.2) is 89.5 Å². The first kappa shape index (κ1) is 26.0. The number of rotatable bonds is 7. The van der Waals surface area contributed by atoms with Crippen LogP contribution < -0.4 is 0 Å². The van der Waals surface area contributed by atoms with E-state index in [4.69, 9.17) is 4.74 Å². The molecule has 188 valence electrons. The van der Waals surface area contributed by atoms with Crippen molar-refractivity contribution >= 4 is 23.9 Å². The van der Waals surface area contributed by atoms with Gasteiger partial charge in [-0.25, -0.2) is 4.79 Å². The number of hydrogen-bond donors (Lipinski definition) is 0. The van der Waals surface area contributed by atoms with E-state index < -0.39 is 0 Å². The van der Waals surface area contributed by atoms with Crippen LogP contribution >= 0.6 is 0 Å². The molecule has 0 unspecified atom stereocenters. The topological polar surface area (TPSA) is 75.1 Å². The maximum Gasteiger partial charge on any atom is 0.340 e. The second kappa shape index (κ2) is 12.2. The number of hydrogen-bond acceptors (Lipinski definition) is 5. The molecule has 0 spiro atoms. The first-order chi connectivity index (χ1) is 16.4. The predicted octanol–water partition coefficient (Wildman–Crippen LogP) is 2.86. The van der Waals surface area contributed by atoms with Gasteiger partial charge in [0.25, 0.3) is 0 Å². The van der Waals surface area contributed by atoms with Crippen molar-refractivity contribution in [2.45, 2.75) is 59.9 Å². The monoisotopic (exact) mass is 472 g/mol. The molecular weight excluding hydrogens is 432 g/mol. The number of aromatic nitrogens is 1. The van der Waals surface area contributed by atoms with Gasteiger partial charge < -0.3 is 19.1 Å². The fourth-order valence-electron chi connectivity index (χ4n) is 5.04. The van der Waals surface area contributed by atoms with Crippen LogP contribution in [0.1, 0.15) is 66.8 Å². The van der Waals surface area contributed by atoms with E-state index in [1.807, 2.05) is 30.6 Å². The minimum atomic E-state index is -0.356. The molecule has 0 atom stereocenters. The molecular formula is C26H40N4O4. The molecule has 0 radical (unpaired) electrons. The normalized spacial score (nSPS) is 17.8. The number of esters is 1. The van der Waals surface area contributed by atoms with Crippen LogP contribution in [0.2, 0.25) is 0 Å². The van der Waals surface area contributed by atoms with Crippen molar-refractivity contribution in [1.82, 2.24) is 19.3 Å². The van der Waals surface area contributed by atoms with Crippen molar-refractivity contribution in [3.63, 3.8) is 0 Å². The summed E-state index contributed by atoms with van der Waals surface area (Å²) in [5.74, 6) is -0.223. The summed E-state index contributed by atoms with van der Waals surface area (Å²) in [6.07, 6.45) is 7.92. The molecule has 0 bridgehead atoms. The van der Waals surface area contributed by atoms with Crippen LogP contribution in [0.3, 0.4) is 0 Å². The third-order valence-electron chi connectivity index (χ3n) is 7.02. The van der Waals surface area contributed by atoms with E-state index in [1.54, 1.807) is 19.1 Å². The van der Waals surface area contributed by atoms with E-state index in [0.29, 0.717) is 44.9 Å². The lowest BCUT2D eigenvalue weighted by atomic mass is 10.1. The molecule has 2 amide bonds. The van der Waals surface area contributed by atoms with Crippen LogP contribution in [0.4, 0.5) is 0 Å². The molecule has 8 nitrogen and oxygen atoms in total. The number of amides is 2. The van der Waals surface area contributed by atoms with Gasteiger partial charge in [0.15, 0.2) is 0 Å². The second-order valence-electron chi connectivity index (χ2n) is 9.15. The van der Waals surface area contributed by atoms with Crippen molar-refractivity contribution in [2.75, 3.05) is 52.4 Å². The van der Waals surface area contributed by atoms with Crippen LogP contribution in [0.25, 0.3) is 6.08 Å². The number of ether oxygens (including phenoxy) is 1. The molecule has 3 heterocycles. The van der Waals surface area contributed by atoms with E-state index >= 15 is 0 Å². The summed E-state index contributed by atoms with van der Waals surface area (Å²) in [5.41, 5.74) is 3.08. The highest BCUT2D eigenvalue weighted by Gasteiger charge is 2.25. The highest BCUT2D eigenvalue weighted by atomic mass is 16.5. The third-order valence-corrected chi connectivity index (χ3v) is 7.02. The van der Waals surface area contributed by atoms with Gasteiger partial charge in [0, 0.05) is 68.8 Å². The quantitative estimate of drug-likeness (QED) is 0.451. The zero-order valence-electron chi connectivity index (χ0n) is 21.3. The van der Waals surface area contributed by atoms with Gasteiger partial charge in [-0.3, -0.25) is 14.5 Å². The predicted molar refractivity (Wildman–Crippen MR) is 133 cm³/mol. The van der Waals surface area contributed by atoms with Crippen molar-refractivity contribution in [3.8, 4) is 0 Å². The Kier molecular flexibility index (Phi) is 9.33. The van der Waals surface area contributed by atoms with Crippen molar-refractivity contribution in [2.24, 2.45) is 0 Å². The van der Waals surface area contributed by atoms with E-state index in [2.05, 4.69) is 9.47 Å². The molecule has 8 heteroatoms. The summed E-state index contributed by atoms with van der Waals surface area (Å²) >= 11 is 0. The number of likely N-dealkylation sites (tertiary alicyclic amines) is 1. The lowest BCUT2D eigenvalue weighted by Gasteiger charge is -2.34. The van der Waals surface area contributed by atoms with E-state index in [1.165, 1.54) is 12.8 Å². The molecule has 0 aromatic carbocycles. The smallest absolute Gasteiger partial charge is 0.340 e. The highest BCUT2D eigenvalue weighted by molar-refractivity contribution is 5.98. The van der Waals surface area contributed by atoms with Gasteiger partial charge >= 0.3 is 5.97 Å². The molecule has 0 aliphatic carbocycles. The van der Waals surface area contributed by atoms with Crippen molar-refractivity contribution in [3.05, 3.63) is 28.6 Å². The Balaban J connectivity index is 1.59. The third kappa shape index (κ3) is 6.09. The van der Waals surface area contributed by atoms with E-state index in [0.717, 1.165) is 49.4 Å². The molecule has 2 fully saturated rings. The summed E-state index contributed by atoms with van der Waals surface area (Å²) < 4.78 is 7.33. The average Bonchev–Trinajstić information content (AvgIpc) is 2.99. The average molecular weight is 473 g/mol. The van der Waals surface area contributed by atoms with Gasteiger partial charge in [0.1, 0.15) is 0 Å². The largest absolute Gasteiger partial charge is 0.462 e. The zero-order chi connectivity index (χ0) is 24.7. The molecule has 1 aromatic heterocycles. The maximum absolute atomic E-state index is 12.9. The van der Waals surface area contributed by atoms with Crippen LogP contribution in [0.15, 0.2) is 6.08 Å². The Morgan fingerprint density at radius 1 is 0.853 bits per heavy atom. The number of piperazine rings is 1. The molecule has 2 aliphatic rings. The van der Waals surface area contributed by atoms with Crippen molar-refractivity contribution in [1.29, 1.82) is 0 Å². The van der Waals surface area contributed by atoms with Crippen LogP contribution in [0, 0.1) is 13.8 Å². The first-order valence-corrected chi connectivity index (χ1v) is 12.7. The molecule has 0 N–H and O–H groups in total. The van der Waals surface area contributed by atoms with Gasteiger partial charge in [-0.05, 0) is 46.6 Å². The van der Waals surface area contributed by atoms with Gasteiger partial charge in [-0.1, -0.05) is 12.8 Å². The highest BCUT2D eigenvalue weighted by Crippen LogP contribution is 2.25. The minimum Gasteiger partial charge on any atom is -0.462 e. The SMILES string of the molecule is CCOC(=O)c1c(C=CC(=O)N2CCN(CC(=O)N3CCCCCC3)CC2)c(C)n(CC)c1C. The molecule has 34 heavy (non-hydrogen) atoms. The van der Waals surface area contributed by atoms with Gasteiger partial charge in [0.05, 0.1) is 18.7 Å². The van der Waals surface area contributed by atoms with Crippen molar-refractivity contribution < 1.29 is 19.1 Å². The Labute approximate surface area is 203 Å². The second-order valence-corrected chi connectivity index (χ2v) is 9.15. The molecule has 1 aromatic rings. The van der Waals surface area contributed by atoms with E-state index in [9.17, 15) is 14.4 Å². The number of carbonyl (C=O) groups excluding carboxylic acids is 3. The summed E-state index contributed by atoms with van der Waals surface area (Å²) in [4.78, 5) is 44.1. The van der Waals surface area contributed by atoms with Gasteiger partial charge in [-0.15, -0.1) is 0 Å². The molecule has 0 saturated carbocycles. The Hall–Kier alpha value is -2.61. The zero-order valence-corrected chi connectivity index (χ0v) is 21.3. The number of carbonyl (C=O) groups is 3. The lowest BCUT2D eigenvalue weighted by molar-refractivity contribution is -0.133. The van der Waals surface area contributed by atoms with Gasteiger partial charge in [-0.2, -0.15) is 0 Å². The van der Waals surface area contributed by atoms with Crippen LogP contribution in [0.5, 0.6) is 0 Å². The fraction of sp³-hybridized carbons (Fsp3) is 0.654. The lowest BCUT2D eigenvalue weighted by Crippen LogP contribution is -2.51. The first-order valence-electron chi connectivity index (χ1n) is 12.7. The maximum atomic E-state index is 12.9. The summed E-state index contributed by atoms with van der Waals surface area (Å²) in [6, 6.07) is 0. The standard InChI is InChI=1S/C26H40N4O4/c1-5-30-20(3)22(25(21(30)4)26(33)34-6-2)11-12-23(31)29-17-15-27(16-18-29)19-24(32)28-13-9-7-8-10-14-28/h11-12H,5-10,13-19H2,1-4H3. The Bertz CT molecular complexity index is 904.